The molecule has 1 saturated heterocycles. The minimum Gasteiger partial charge on any atom is -0.352 e. The lowest BCUT2D eigenvalue weighted by Gasteiger charge is -2.40. The second kappa shape index (κ2) is 6.28. The normalized spacial score (nSPS) is 23.5. The number of nitrogens with zero attached hydrogens (tertiary/aromatic N) is 3. The first-order valence-electron chi connectivity index (χ1n) is 7.24. The van der Waals surface area contributed by atoms with Gasteiger partial charge in [0.05, 0.1) is 6.20 Å². The van der Waals surface area contributed by atoms with Crippen molar-refractivity contribution in [3.8, 4) is 0 Å². The van der Waals surface area contributed by atoms with Gasteiger partial charge in [0, 0.05) is 44.4 Å². The van der Waals surface area contributed by atoms with Crippen molar-refractivity contribution in [1.29, 1.82) is 0 Å². The quantitative estimate of drug-likeness (QED) is 0.924. The molecule has 2 rings (SSSR count). The van der Waals surface area contributed by atoms with E-state index in [2.05, 4.69) is 10.4 Å². The number of hydrogen-bond acceptors (Lipinski definition) is 3. The van der Waals surface area contributed by atoms with Crippen LogP contribution in [0.25, 0.3) is 0 Å². The monoisotopic (exact) mass is 318 g/mol. The van der Waals surface area contributed by atoms with Gasteiger partial charge in [-0.15, -0.1) is 0 Å². The number of nitrogens with one attached hydrogen (secondary N) is 1. The Morgan fingerprint density at radius 1 is 1.45 bits per heavy atom. The molecule has 22 heavy (non-hydrogen) atoms. The molecule has 0 aromatic carbocycles. The second-order valence-corrected chi connectivity index (χ2v) is 5.84. The maximum Gasteiger partial charge on any atom is 0.404 e. The molecule has 1 aliphatic rings. The maximum atomic E-state index is 13.2. The number of amides is 1. The van der Waals surface area contributed by atoms with E-state index >= 15 is 0 Å². The fraction of sp³-hybridized carbons (Fsp3) is 0.714. The van der Waals surface area contributed by atoms with E-state index in [1.54, 1.807) is 17.9 Å². The van der Waals surface area contributed by atoms with Crippen LogP contribution in [0.4, 0.5) is 13.2 Å². The summed E-state index contributed by atoms with van der Waals surface area (Å²) in [7, 11) is 1.76. The largest absolute Gasteiger partial charge is 0.404 e. The van der Waals surface area contributed by atoms with E-state index in [0.29, 0.717) is 6.42 Å². The molecular formula is C14H21F3N4O. The number of alkyl halides is 3. The number of aromatic nitrogens is 2. The van der Waals surface area contributed by atoms with Crippen LogP contribution in [0, 0.1) is 6.92 Å². The van der Waals surface area contributed by atoms with Gasteiger partial charge in [0.1, 0.15) is 6.04 Å². The molecule has 5 nitrogen and oxygen atoms in total. The molecule has 0 spiro atoms. The van der Waals surface area contributed by atoms with Crippen molar-refractivity contribution in [3.05, 3.63) is 17.5 Å². The van der Waals surface area contributed by atoms with Crippen LogP contribution < -0.4 is 5.32 Å². The van der Waals surface area contributed by atoms with Gasteiger partial charge in [0.25, 0.3) is 0 Å². The molecule has 1 aliphatic heterocycles. The zero-order valence-electron chi connectivity index (χ0n) is 12.9. The summed E-state index contributed by atoms with van der Waals surface area (Å²) in [5, 5.41) is 6.80. The molecule has 124 valence electrons. The molecule has 0 unspecified atom stereocenters. The van der Waals surface area contributed by atoms with Crippen LogP contribution in [-0.2, 0) is 18.4 Å². The Hall–Kier alpha value is -1.57. The molecule has 2 atom stereocenters. The van der Waals surface area contributed by atoms with Gasteiger partial charge in [0.15, 0.2) is 0 Å². The Labute approximate surface area is 127 Å². The summed E-state index contributed by atoms with van der Waals surface area (Å²) in [6.07, 6.45) is -2.33. The van der Waals surface area contributed by atoms with Gasteiger partial charge in [-0.25, -0.2) is 0 Å². The zero-order chi connectivity index (χ0) is 16.5. The van der Waals surface area contributed by atoms with E-state index in [0.717, 1.165) is 11.3 Å². The first-order valence-corrected chi connectivity index (χ1v) is 7.24. The first-order chi connectivity index (χ1) is 10.2. The predicted octanol–water partition coefficient (Wildman–Crippen LogP) is 1.76. The summed E-state index contributed by atoms with van der Waals surface area (Å²) >= 11 is 0. The SMILES string of the molecule is CC(=O)N[C@H]1CC[C@H](C(F)(F)F)N(Cc2cnn(C)c2C)C1. The topological polar surface area (TPSA) is 50.2 Å². The van der Waals surface area contributed by atoms with Gasteiger partial charge in [-0.3, -0.25) is 14.4 Å². The smallest absolute Gasteiger partial charge is 0.352 e. The van der Waals surface area contributed by atoms with E-state index < -0.39 is 12.2 Å². The van der Waals surface area contributed by atoms with Crippen molar-refractivity contribution >= 4 is 5.91 Å². The predicted molar refractivity (Wildman–Crippen MR) is 75.0 cm³/mol. The molecule has 1 aromatic heterocycles. The van der Waals surface area contributed by atoms with Crippen molar-refractivity contribution < 1.29 is 18.0 Å². The zero-order valence-corrected chi connectivity index (χ0v) is 12.9. The summed E-state index contributed by atoms with van der Waals surface area (Å²) in [6, 6.07) is -1.72. The van der Waals surface area contributed by atoms with Crippen molar-refractivity contribution in [2.45, 2.75) is 51.5 Å². The Morgan fingerprint density at radius 3 is 2.64 bits per heavy atom. The lowest BCUT2D eigenvalue weighted by molar-refractivity contribution is -0.194. The lowest BCUT2D eigenvalue weighted by Crippen LogP contribution is -2.55. The van der Waals surface area contributed by atoms with Crippen LogP contribution in [0.1, 0.15) is 31.0 Å². The molecule has 0 radical (unpaired) electrons. The number of carbonyl (C=O) groups excluding carboxylic acids is 1. The second-order valence-electron chi connectivity index (χ2n) is 5.84. The Kier molecular flexibility index (Phi) is 4.79. The maximum absolute atomic E-state index is 13.2. The fourth-order valence-electron chi connectivity index (χ4n) is 2.91. The Morgan fingerprint density at radius 2 is 2.14 bits per heavy atom. The van der Waals surface area contributed by atoms with Crippen LogP contribution in [0.5, 0.6) is 0 Å². The van der Waals surface area contributed by atoms with Gasteiger partial charge in [-0.1, -0.05) is 0 Å². The van der Waals surface area contributed by atoms with Crippen molar-refractivity contribution in [1.82, 2.24) is 20.0 Å². The van der Waals surface area contributed by atoms with E-state index in [1.165, 1.54) is 11.8 Å². The van der Waals surface area contributed by atoms with Crippen molar-refractivity contribution in [2.75, 3.05) is 6.54 Å². The number of piperidine rings is 1. The van der Waals surface area contributed by atoms with Crippen molar-refractivity contribution in [3.63, 3.8) is 0 Å². The van der Waals surface area contributed by atoms with Gasteiger partial charge in [0.2, 0.25) is 5.91 Å². The molecule has 0 aliphatic carbocycles. The Balaban J connectivity index is 2.16. The number of likely N-dealkylation sites (tertiary alicyclic amines) is 1. The third kappa shape index (κ3) is 3.79. The summed E-state index contributed by atoms with van der Waals surface area (Å²) in [6.45, 7) is 3.59. The third-order valence-corrected chi connectivity index (χ3v) is 4.18. The third-order valence-electron chi connectivity index (χ3n) is 4.18. The molecule has 0 bridgehead atoms. The Bertz CT molecular complexity index is 541. The highest BCUT2D eigenvalue weighted by molar-refractivity contribution is 5.73. The van der Waals surface area contributed by atoms with Gasteiger partial charge >= 0.3 is 6.18 Å². The van der Waals surface area contributed by atoms with E-state index in [1.807, 2.05) is 6.92 Å². The molecule has 1 N–H and O–H groups in total. The van der Waals surface area contributed by atoms with Gasteiger partial charge in [-0.05, 0) is 19.8 Å². The summed E-state index contributed by atoms with van der Waals surface area (Å²) in [4.78, 5) is 12.5. The highest BCUT2D eigenvalue weighted by atomic mass is 19.4. The molecule has 8 heteroatoms. The van der Waals surface area contributed by atoms with Crippen molar-refractivity contribution in [2.24, 2.45) is 7.05 Å². The van der Waals surface area contributed by atoms with Gasteiger partial charge < -0.3 is 5.32 Å². The molecule has 0 saturated carbocycles. The van der Waals surface area contributed by atoms with Crippen LogP contribution in [0.3, 0.4) is 0 Å². The lowest BCUT2D eigenvalue weighted by atomic mass is 9.97. The number of halogens is 3. The minimum atomic E-state index is -4.27. The van der Waals surface area contributed by atoms with E-state index in [4.69, 9.17) is 0 Å². The highest BCUT2D eigenvalue weighted by Crippen LogP contribution is 2.33. The van der Waals surface area contributed by atoms with E-state index in [-0.39, 0.29) is 31.5 Å². The van der Waals surface area contributed by atoms with Crippen LogP contribution in [0.15, 0.2) is 6.20 Å². The minimum absolute atomic E-state index is 0.00619. The molecule has 1 aromatic rings. The standard InChI is InChI=1S/C14H21F3N4O/c1-9-11(6-18-20(9)3)7-21-8-12(19-10(2)22)4-5-13(21)14(15,16)17/h6,12-13H,4-5,7-8H2,1-3H3,(H,19,22)/t12-,13+/m0/s1. The van der Waals surface area contributed by atoms with Crippen LogP contribution in [-0.4, -0.2) is 45.4 Å². The number of rotatable bonds is 3. The van der Waals surface area contributed by atoms with E-state index in [9.17, 15) is 18.0 Å². The number of aryl methyl sites for hydroxylation is 1. The molecule has 1 amide bonds. The molecule has 1 fully saturated rings. The first kappa shape index (κ1) is 16.8. The van der Waals surface area contributed by atoms with Gasteiger partial charge in [-0.2, -0.15) is 18.3 Å². The highest BCUT2D eigenvalue weighted by Gasteiger charge is 2.46. The molecular weight excluding hydrogens is 297 g/mol. The van der Waals surface area contributed by atoms with Crippen LogP contribution >= 0.6 is 0 Å². The summed E-state index contributed by atoms with van der Waals surface area (Å²) in [5.74, 6) is -0.215. The fourth-order valence-corrected chi connectivity index (χ4v) is 2.91. The number of hydrogen-bond donors (Lipinski definition) is 1. The molecule has 2 heterocycles. The van der Waals surface area contributed by atoms with Crippen LogP contribution in [0.2, 0.25) is 0 Å². The summed E-state index contributed by atoms with van der Waals surface area (Å²) in [5.41, 5.74) is 1.63. The number of carbonyl (C=O) groups is 1. The average Bonchev–Trinajstić information content (AvgIpc) is 2.69. The summed E-state index contributed by atoms with van der Waals surface area (Å²) < 4.78 is 41.4. The average molecular weight is 318 g/mol.